The Balaban J connectivity index is 1.40. The third kappa shape index (κ3) is 4.98. The van der Waals surface area contributed by atoms with Crippen molar-refractivity contribution in [1.82, 2.24) is 30.1 Å². The average molecular weight is 446 g/mol. The number of aromatic nitrogens is 4. The average Bonchev–Trinajstić information content (AvgIpc) is 3.22. The predicted molar refractivity (Wildman–Crippen MR) is 92.6 cm³/mol. The Kier molecular flexibility index (Phi) is 6.15. The molecule has 1 aliphatic heterocycles. The lowest BCUT2D eigenvalue weighted by Crippen LogP contribution is -2.38. The summed E-state index contributed by atoms with van der Waals surface area (Å²) in [5.74, 6) is 0.0666. The van der Waals surface area contributed by atoms with Gasteiger partial charge in [-0.05, 0) is 35.6 Å². The van der Waals surface area contributed by atoms with Crippen molar-refractivity contribution in [1.29, 1.82) is 0 Å². The molecule has 3 rings (SSSR count). The highest BCUT2D eigenvalue weighted by Crippen LogP contribution is 2.04. The normalized spacial score (nSPS) is 15.5. The van der Waals surface area contributed by atoms with Gasteiger partial charge in [-0.25, -0.2) is 0 Å². The summed E-state index contributed by atoms with van der Waals surface area (Å²) in [7, 11) is 0. The molecule has 130 valence electrons. The van der Waals surface area contributed by atoms with Gasteiger partial charge in [0.1, 0.15) is 6.54 Å². The van der Waals surface area contributed by atoms with E-state index in [1.165, 1.54) is 0 Å². The second-order valence-electron chi connectivity index (χ2n) is 5.44. The molecule has 0 spiro atoms. The molecule has 10 heteroatoms. The Morgan fingerprint density at radius 2 is 2.21 bits per heavy atom. The Morgan fingerprint density at radius 1 is 1.38 bits per heavy atom. The molecule has 1 saturated heterocycles. The molecule has 1 amide bonds. The molecule has 0 bridgehead atoms. The molecule has 0 unspecified atom stereocenters. The van der Waals surface area contributed by atoms with Crippen molar-refractivity contribution >= 4 is 28.5 Å². The number of rotatable bonds is 7. The monoisotopic (exact) mass is 446 g/mol. The lowest BCUT2D eigenvalue weighted by Gasteiger charge is -2.26. The summed E-state index contributed by atoms with van der Waals surface area (Å²) >= 11 is 2.17. The van der Waals surface area contributed by atoms with E-state index in [1.54, 1.807) is 10.9 Å². The zero-order valence-electron chi connectivity index (χ0n) is 13.2. The van der Waals surface area contributed by atoms with Crippen LogP contribution in [0.3, 0.4) is 0 Å². The first kappa shape index (κ1) is 17.3. The molecule has 2 aromatic rings. The van der Waals surface area contributed by atoms with Crippen LogP contribution in [0.15, 0.2) is 16.9 Å². The van der Waals surface area contributed by atoms with Crippen molar-refractivity contribution in [3.8, 4) is 0 Å². The number of carbonyl (C=O) groups excluding carboxylic acids is 1. The summed E-state index contributed by atoms with van der Waals surface area (Å²) in [5, 5.41) is 10.8. The highest BCUT2D eigenvalue weighted by molar-refractivity contribution is 14.1. The summed E-state index contributed by atoms with van der Waals surface area (Å²) in [5.41, 5.74) is 0. The fourth-order valence-corrected chi connectivity index (χ4v) is 2.83. The van der Waals surface area contributed by atoms with Crippen LogP contribution in [0.2, 0.25) is 0 Å². The highest BCUT2D eigenvalue weighted by atomic mass is 127. The van der Waals surface area contributed by atoms with Crippen LogP contribution in [-0.2, 0) is 11.3 Å². The van der Waals surface area contributed by atoms with Gasteiger partial charge in [0.25, 0.3) is 0 Å². The summed E-state index contributed by atoms with van der Waals surface area (Å²) < 4.78 is 13.0. The fraction of sp³-hybridized carbons (Fsp3) is 0.571. The molecular weight excluding hydrogens is 427 g/mol. The number of hydrogen-bond acceptors (Lipinski definition) is 7. The molecule has 3 heterocycles. The first-order chi connectivity index (χ1) is 11.7. The van der Waals surface area contributed by atoms with Crippen molar-refractivity contribution in [2.75, 3.05) is 39.4 Å². The van der Waals surface area contributed by atoms with Crippen molar-refractivity contribution in [2.24, 2.45) is 0 Å². The Labute approximate surface area is 152 Å². The lowest BCUT2D eigenvalue weighted by molar-refractivity contribution is 0.0374. The summed E-state index contributed by atoms with van der Waals surface area (Å²) in [4.78, 5) is 18.4. The molecule has 1 aliphatic rings. The van der Waals surface area contributed by atoms with E-state index in [2.05, 4.69) is 48.0 Å². The number of carbonyl (C=O) groups is 1. The van der Waals surface area contributed by atoms with Crippen LogP contribution in [0, 0.1) is 3.57 Å². The maximum atomic E-state index is 12.0. The minimum Gasteiger partial charge on any atom is -0.379 e. The molecular formula is C14H19IN6O3. The number of morpholine rings is 1. The van der Waals surface area contributed by atoms with Gasteiger partial charge in [-0.3, -0.25) is 14.4 Å². The van der Waals surface area contributed by atoms with Gasteiger partial charge in [-0.2, -0.15) is 10.1 Å². The number of ether oxygens (including phenoxy) is 1. The Bertz CT molecular complexity index is 667. The van der Waals surface area contributed by atoms with Crippen LogP contribution in [0.4, 0.5) is 0 Å². The Hall–Kier alpha value is -1.53. The van der Waals surface area contributed by atoms with Gasteiger partial charge < -0.3 is 14.6 Å². The van der Waals surface area contributed by atoms with E-state index < -0.39 is 0 Å². The van der Waals surface area contributed by atoms with E-state index in [0.29, 0.717) is 18.9 Å². The van der Waals surface area contributed by atoms with Gasteiger partial charge in [0.2, 0.25) is 0 Å². The predicted octanol–water partition coefficient (Wildman–Crippen LogP) is 0.371. The van der Waals surface area contributed by atoms with Gasteiger partial charge in [0, 0.05) is 25.8 Å². The molecule has 0 aliphatic carbocycles. The maximum absolute atomic E-state index is 12.0. The number of halogens is 1. The van der Waals surface area contributed by atoms with Crippen LogP contribution in [0.5, 0.6) is 0 Å². The van der Waals surface area contributed by atoms with E-state index in [1.807, 2.05) is 6.20 Å². The highest BCUT2D eigenvalue weighted by Gasteiger charge is 2.15. The third-order valence-corrected chi connectivity index (χ3v) is 4.16. The molecule has 1 N–H and O–H groups in total. The van der Waals surface area contributed by atoms with Gasteiger partial charge in [-0.1, -0.05) is 5.16 Å². The smallest absolute Gasteiger partial charge is 0.316 e. The molecule has 2 aromatic heterocycles. The van der Waals surface area contributed by atoms with Crippen molar-refractivity contribution < 1.29 is 14.1 Å². The second kappa shape index (κ2) is 8.53. The minimum absolute atomic E-state index is 0.0155. The van der Waals surface area contributed by atoms with E-state index in [9.17, 15) is 4.79 Å². The SMILES string of the molecule is O=C(NCCCN1CCOCC1)c1nc(Cn2cc(I)cn2)no1. The number of hydrogen-bond donors (Lipinski definition) is 1. The van der Waals surface area contributed by atoms with Crippen LogP contribution in [0.25, 0.3) is 0 Å². The topological polar surface area (TPSA) is 98.3 Å². The van der Waals surface area contributed by atoms with Gasteiger partial charge >= 0.3 is 11.8 Å². The summed E-state index contributed by atoms with van der Waals surface area (Å²) in [6, 6.07) is 0. The molecule has 0 saturated carbocycles. The quantitative estimate of drug-likeness (QED) is 0.485. The van der Waals surface area contributed by atoms with Crippen molar-refractivity contribution in [3.05, 3.63) is 27.7 Å². The second-order valence-corrected chi connectivity index (χ2v) is 6.68. The van der Waals surface area contributed by atoms with Crippen molar-refractivity contribution in [3.63, 3.8) is 0 Å². The van der Waals surface area contributed by atoms with E-state index >= 15 is 0 Å². The zero-order valence-corrected chi connectivity index (χ0v) is 15.3. The largest absolute Gasteiger partial charge is 0.379 e. The van der Waals surface area contributed by atoms with E-state index in [0.717, 1.165) is 42.8 Å². The molecule has 0 aromatic carbocycles. The van der Waals surface area contributed by atoms with Crippen LogP contribution in [0.1, 0.15) is 22.9 Å². The first-order valence-electron chi connectivity index (χ1n) is 7.79. The zero-order chi connectivity index (χ0) is 16.8. The summed E-state index contributed by atoms with van der Waals surface area (Å²) in [6.07, 6.45) is 4.48. The van der Waals surface area contributed by atoms with Crippen LogP contribution < -0.4 is 5.32 Å². The van der Waals surface area contributed by atoms with Gasteiger partial charge in [0.15, 0.2) is 5.82 Å². The van der Waals surface area contributed by atoms with Crippen LogP contribution >= 0.6 is 22.6 Å². The van der Waals surface area contributed by atoms with Crippen LogP contribution in [-0.4, -0.2) is 70.1 Å². The lowest BCUT2D eigenvalue weighted by atomic mass is 10.3. The van der Waals surface area contributed by atoms with Crippen molar-refractivity contribution in [2.45, 2.75) is 13.0 Å². The summed E-state index contributed by atoms with van der Waals surface area (Å²) in [6.45, 7) is 5.36. The Morgan fingerprint density at radius 3 is 2.96 bits per heavy atom. The fourth-order valence-electron chi connectivity index (χ4n) is 2.39. The maximum Gasteiger partial charge on any atom is 0.316 e. The minimum atomic E-state index is -0.342. The molecule has 0 radical (unpaired) electrons. The number of nitrogens with zero attached hydrogens (tertiary/aromatic N) is 5. The van der Waals surface area contributed by atoms with Gasteiger partial charge in [-0.15, -0.1) is 0 Å². The molecule has 1 fully saturated rings. The first-order valence-corrected chi connectivity index (χ1v) is 8.87. The third-order valence-electron chi connectivity index (χ3n) is 3.61. The van der Waals surface area contributed by atoms with Gasteiger partial charge in [0.05, 0.1) is 23.0 Å². The molecule has 9 nitrogen and oxygen atoms in total. The number of nitrogens with one attached hydrogen (secondary N) is 1. The van der Waals surface area contributed by atoms with E-state index in [4.69, 9.17) is 9.26 Å². The standard InChI is InChI=1S/C14H19IN6O3/c15-11-8-17-21(9-11)10-12-18-14(24-19-12)13(22)16-2-1-3-20-4-6-23-7-5-20/h8-9H,1-7,10H2,(H,16,22). The molecule has 0 atom stereocenters. The molecule has 24 heavy (non-hydrogen) atoms. The van der Waals surface area contributed by atoms with E-state index in [-0.39, 0.29) is 11.8 Å². The number of amides is 1.